The molecule has 6 nitrogen and oxygen atoms in total. The number of hydrogen-bond donors (Lipinski definition) is 0. The van der Waals surface area contributed by atoms with Crippen LogP contribution >= 0.6 is 11.6 Å². The highest BCUT2D eigenvalue weighted by atomic mass is 35.5. The van der Waals surface area contributed by atoms with Crippen molar-refractivity contribution in [2.45, 2.75) is 12.8 Å². The summed E-state index contributed by atoms with van der Waals surface area (Å²) in [5.74, 6) is -0.231. The average molecular weight is 359 g/mol. The van der Waals surface area contributed by atoms with Crippen LogP contribution in [-0.4, -0.2) is 61.7 Å². The lowest BCUT2D eigenvalue weighted by atomic mass is 10.1. The molecule has 1 aromatic carbocycles. The minimum Gasteiger partial charge on any atom is -0.340 e. The van der Waals surface area contributed by atoms with Crippen molar-refractivity contribution in [2.24, 2.45) is 0 Å². The van der Waals surface area contributed by atoms with Crippen LogP contribution in [0.4, 0.5) is 0 Å². The maximum atomic E-state index is 12.1. The topological polar surface area (TPSA) is 74.8 Å². The lowest BCUT2D eigenvalue weighted by Crippen LogP contribution is -2.50. The molecule has 0 N–H and O–H groups in total. The van der Waals surface area contributed by atoms with E-state index in [-0.39, 0.29) is 24.5 Å². The molecule has 23 heavy (non-hydrogen) atoms. The van der Waals surface area contributed by atoms with Crippen LogP contribution in [-0.2, 0) is 14.8 Å². The van der Waals surface area contributed by atoms with Gasteiger partial charge in [-0.1, -0.05) is 11.6 Å². The van der Waals surface area contributed by atoms with Crippen LogP contribution < -0.4 is 0 Å². The molecule has 1 aliphatic rings. The van der Waals surface area contributed by atoms with Gasteiger partial charge in [0.2, 0.25) is 15.9 Å². The Kier molecular flexibility index (Phi) is 5.78. The van der Waals surface area contributed by atoms with Gasteiger partial charge in [0.15, 0.2) is 5.78 Å². The lowest BCUT2D eigenvalue weighted by Gasteiger charge is -2.33. The predicted molar refractivity (Wildman–Crippen MR) is 88.0 cm³/mol. The number of benzene rings is 1. The zero-order chi connectivity index (χ0) is 17.0. The summed E-state index contributed by atoms with van der Waals surface area (Å²) in [5, 5.41) is 0.557. The largest absolute Gasteiger partial charge is 0.340 e. The third-order valence-corrected chi connectivity index (χ3v) is 5.35. The number of piperazine rings is 1. The summed E-state index contributed by atoms with van der Waals surface area (Å²) in [7, 11) is -3.21. The van der Waals surface area contributed by atoms with Crippen LogP contribution in [0, 0.1) is 0 Å². The third kappa shape index (κ3) is 5.02. The molecule has 1 heterocycles. The monoisotopic (exact) mass is 358 g/mol. The van der Waals surface area contributed by atoms with E-state index in [4.69, 9.17) is 11.6 Å². The van der Waals surface area contributed by atoms with E-state index in [9.17, 15) is 18.0 Å². The van der Waals surface area contributed by atoms with Crippen molar-refractivity contribution < 1.29 is 18.0 Å². The second kappa shape index (κ2) is 7.42. The van der Waals surface area contributed by atoms with Gasteiger partial charge in [-0.15, -0.1) is 0 Å². The lowest BCUT2D eigenvalue weighted by molar-refractivity contribution is -0.132. The van der Waals surface area contributed by atoms with Crippen LogP contribution in [0.5, 0.6) is 0 Å². The Morgan fingerprint density at radius 3 is 2.13 bits per heavy atom. The molecule has 1 aliphatic heterocycles. The van der Waals surface area contributed by atoms with Gasteiger partial charge in [-0.2, -0.15) is 4.31 Å². The minimum atomic E-state index is -3.21. The summed E-state index contributed by atoms with van der Waals surface area (Å²) in [6, 6.07) is 6.56. The zero-order valence-electron chi connectivity index (χ0n) is 12.9. The van der Waals surface area contributed by atoms with Gasteiger partial charge < -0.3 is 4.90 Å². The van der Waals surface area contributed by atoms with Crippen LogP contribution in [0.15, 0.2) is 24.3 Å². The molecule has 0 atom stereocenters. The van der Waals surface area contributed by atoms with Crippen molar-refractivity contribution in [1.82, 2.24) is 9.21 Å². The molecule has 1 fully saturated rings. The van der Waals surface area contributed by atoms with Gasteiger partial charge in [0, 0.05) is 49.6 Å². The van der Waals surface area contributed by atoms with E-state index < -0.39 is 10.0 Å². The molecule has 0 aromatic heterocycles. The normalized spacial score (nSPS) is 16.3. The minimum absolute atomic E-state index is 0.107. The standard InChI is InChI=1S/C15H19ClN2O4S/c1-23(21,22)18-10-8-17(9-11-18)15(20)7-6-14(19)12-2-4-13(16)5-3-12/h2-5H,6-11H2,1H3. The maximum absolute atomic E-state index is 12.1. The van der Waals surface area contributed by atoms with Crippen molar-refractivity contribution in [3.8, 4) is 0 Å². The zero-order valence-corrected chi connectivity index (χ0v) is 14.4. The van der Waals surface area contributed by atoms with Crippen molar-refractivity contribution in [3.63, 3.8) is 0 Å². The highest BCUT2D eigenvalue weighted by Crippen LogP contribution is 2.13. The predicted octanol–water partition coefficient (Wildman–Crippen LogP) is 1.41. The first-order chi connectivity index (χ1) is 10.8. The van der Waals surface area contributed by atoms with Crippen LogP contribution in [0.1, 0.15) is 23.2 Å². The molecule has 1 aromatic rings. The van der Waals surface area contributed by atoms with Crippen molar-refractivity contribution >= 4 is 33.3 Å². The summed E-state index contributed by atoms with van der Waals surface area (Å²) in [5.41, 5.74) is 0.532. The fourth-order valence-corrected chi connectivity index (χ4v) is 3.38. The van der Waals surface area contributed by atoms with Gasteiger partial charge in [0.05, 0.1) is 6.26 Å². The number of ketones is 1. The number of carbonyl (C=O) groups excluding carboxylic acids is 2. The number of nitrogens with zero attached hydrogens (tertiary/aromatic N) is 2. The molecule has 0 saturated carbocycles. The van der Waals surface area contributed by atoms with Crippen molar-refractivity contribution in [2.75, 3.05) is 32.4 Å². The molecule has 0 unspecified atom stereocenters. The van der Waals surface area contributed by atoms with Crippen molar-refractivity contribution in [3.05, 3.63) is 34.9 Å². The number of halogens is 1. The van der Waals surface area contributed by atoms with E-state index in [1.54, 1.807) is 29.2 Å². The number of amides is 1. The first kappa shape index (κ1) is 17.9. The molecular formula is C15H19ClN2O4S. The fraction of sp³-hybridized carbons (Fsp3) is 0.467. The molecule has 0 radical (unpaired) electrons. The Morgan fingerprint density at radius 1 is 1.04 bits per heavy atom. The van der Waals surface area contributed by atoms with Gasteiger partial charge in [0.25, 0.3) is 0 Å². The quantitative estimate of drug-likeness (QED) is 0.746. The van der Waals surface area contributed by atoms with Gasteiger partial charge in [-0.25, -0.2) is 8.42 Å². The summed E-state index contributed by atoms with van der Waals surface area (Å²) in [6.45, 7) is 1.33. The SMILES string of the molecule is CS(=O)(=O)N1CCN(C(=O)CCC(=O)c2ccc(Cl)cc2)CC1. The Balaban J connectivity index is 1.82. The molecule has 8 heteroatoms. The summed E-state index contributed by atoms with van der Waals surface area (Å²) >= 11 is 5.77. The average Bonchev–Trinajstić information content (AvgIpc) is 2.52. The molecule has 0 spiro atoms. The van der Waals surface area contributed by atoms with E-state index >= 15 is 0 Å². The highest BCUT2D eigenvalue weighted by Gasteiger charge is 2.26. The van der Waals surface area contributed by atoms with Crippen LogP contribution in [0.3, 0.4) is 0 Å². The van der Waals surface area contributed by atoms with Gasteiger partial charge >= 0.3 is 0 Å². The van der Waals surface area contributed by atoms with Crippen molar-refractivity contribution in [1.29, 1.82) is 0 Å². The summed E-state index contributed by atoms with van der Waals surface area (Å²) in [4.78, 5) is 25.8. The van der Waals surface area contributed by atoms with Crippen LogP contribution in [0.2, 0.25) is 5.02 Å². The summed E-state index contributed by atoms with van der Waals surface area (Å²) < 4.78 is 24.2. The number of rotatable bonds is 5. The Morgan fingerprint density at radius 2 is 1.61 bits per heavy atom. The van der Waals surface area contributed by atoms with Gasteiger partial charge in [-0.05, 0) is 24.3 Å². The second-order valence-corrected chi connectivity index (χ2v) is 7.89. The van der Waals surface area contributed by atoms with Crippen LogP contribution in [0.25, 0.3) is 0 Å². The molecule has 1 amide bonds. The Hall–Kier alpha value is -1.44. The molecular weight excluding hydrogens is 340 g/mol. The third-order valence-electron chi connectivity index (χ3n) is 3.79. The first-order valence-corrected chi connectivity index (χ1v) is 9.51. The van der Waals surface area contributed by atoms with E-state index in [0.717, 1.165) is 6.26 Å². The maximum Gasteiger partial charge on any atom is 0.223 e. The number of Topliss-reactive ketones (excluding diaryl/α,β-unsaturated/α-hetero) is 1. The molecule has 1 saturated heterocycles. The highest BCUT2D eigenvalue weighted by molar-refractivity contribution is 7.88. The molecule has 126 valence electrons. The van der Waals surface area contributed by atoms with Gasteiger partial charge in [0.1, 0.15) is 0 Å². The summed E-state index contributed by atoms with van der Waals surface area (Å²) in [6.07, 6.45) is 1.42. The second-order valence-electron chi connectivity index (χ2n) is 5.47. The Labute approximate surface area is 141 Å². The van der Waals surface area contributed by atoms with Gasteiger partial charge in [-0.3, -0.25) is 9.59 Å². The molecule has 0 bridgehead atoms. The number of sulfonamides is 1. The number of hydrogen-bond acceptors (Lipinski definition) is 4. The number of carbonyl (C=O) groups is 2. The Bertz CT molecular complexity index is 680. The first-order valence-electron chi connectivity index (χ1n) is 7.29. The fourth-order valence-electron chi connectivity index (χ4n) is 2.43. The van der Waals surface area contributed by atoms with E-state index in [1.807, 2.05) is 0 Å². The smallest absolute Gasteiger partial charge is 0.223 e. The van der Waals surface area contributed by atoms with E-state index in [2.05, 4.69) is 0 Å². The molecule has 0 aliphatic carbocycles. The van der Waals surface area contributed by atoms with E-state index in [0.29, 0.717) is 36.8 Å². The molecule has 2 rings (SSSR count). The van der Waals surface area contributed by atoms with E-state index in [1.165, 1.54) is 4.31 Å².